The van der Waals surface area contributed by atoms with Crippen molar-refractivity contribution < 1.29 is 17.8 Å². The van der Waals surface area contributed by atoms with E-state index in [0.717, 1.165) is 6.07 Å². The van der Waals surface area contributed by atoms with Crippen molar-refractivity contribution in [3.8, 4) is 11.3 Å². The standard InChI is InChI=1S/C12H9F3N5/c13-12(14,15)9-2-1-3-17-11(9)8-6-10-19(16)4-5-20(10)18-7-8/h1-7H,16H2/q+1. The number of hydrogen-bond acceptors (Lipinski definition) is 3. The van der Waals surface area contributed by atoms with E-state index >= 15 is 0 Å². The summed E-state index contributed by atoms with van der Waals surface area (Å²) in [5.74, 6) is 5.66. The van der Waals surface area contributed by atoms with E-state index in [1.54, 1.807) is 12.4 Å². The van der Waals surface area contributed by atoms with E-state index in [9.17, 15) is 13.2 Å². The third kappa shape index (κ3) is 1.94. The van der Waals surface area contributed by atoms with Crippen molar-refractivity contribution >= 4 is 5.65 Å². The second kappa shape index (κ2) is 4.19. The van der Waals surface area contributed by atoms with Crippen LogP contribution in [0.25, 0.3) is 16.9 Å². The molecule has 0 saturated heterocycles. The molecule has 3 aromatic rings. The maximum absolute atomic E-state index is 13.0. The van der Waals surface area contributed by atoms with Crippen molar-refractivity contribution in [2.45, 2.75) is 6.18 Å². The highest BCUT2D eigenvalue weighted by atomic mass is 19.4. The number of alkyl halides is 3. The van der Waals surface area contributed by atoms with Crippen LogP contribution in [-0.4, -0.2) is 14.6 Å². The van der Waals surface area contributed by atoms with Crippen LogP contribution in [-0.2, 0) is 6.18 Å². The van der Waals surface area contributed by atoms with E-state index in [1.165, 1.54) is 33.7 Å². The normalized spacial score (nSPS) is 11.9. The summed E-state index contributed by atoms with van der Waals surface area (Å²) in [5.41, 5.74) is -0.262. The number of nitrogen functional groups attached to an aromatic ring is 1. The molecule has 0 atom stereocenters. The minimum Gasteiger partial charge on any atom is -0.269 e. The summed E-state index contributed by atoms with van der Waals surface area (Å²) < 4.78 is 41.6. The smallest absolute Gasteiger partial charge is 0.269 e. The van der Waals surface area contributed by atoms with Crippen LogP contribution in [0, 0.1) is 0 Å². The first kappa shape index (κ1) is 12.4. The zero-order chi connectivity index (χ0) is 14.3. The van der Waals surface area contributed by atoms with Gasteiger partial charge in [-0.05, 0) is 12.1 Å². The lowest BCUT2D eigenvalue weighted by atomic mass is 10.1. The van der Waals surface area contributed by atoms with Crippen molar-refractivity contribution in [1.29, 1.82) is 0 Å². The van der Waals surface area contributed by atoms with Crippen LogP contribution in [0.3, 0.4) is 0 Å². The van der Waals surface area contributed by atoms with Crippen molar-refractivity contribution in [2.24, 2.45) is 0 Å². The first-order valence-electron chi connectivity index (χ1n) is 5.63. The fraction of sp³-hybridized carbons (Fsp3) is 0.0833. The van der Waals surface area contributed by atoms with E-state index in [0.29, 0.717) is 5.65 Å². The van der Waals surface area contributed by atoms with Gasteiger partial charge in [-0.25, -0.2) is 0 Å². The molecule has 0 amide bonds. The van der Waals surface area contributed by atoms with E-state index in [4.69, 9.17) is 5.84 Å². The highest BCUT2D eigenvalue weighted by molar-refractivity contribution is 5.65. The molecular formula is C12H9F3N5+. The van der Waals surface area contributed by atoms with Crippen LogP contribution in [0.5, 0.6) is 0 Å². The molecular weight excluding hydrogens is 271 g/mol. The van der Waals surface area contributed by atoms with Gasteiger partial charge in [0, 0.05) is 17.8 Å². The van der Waals surface area contributed by atoms with Crippen molar-refractivity contribution in [1.82, 2.24) is 14.6 Å². The van der Waals surface area contributed by atoms with Crippen LogP contribution in [0.1, 0.15) is 5.56 Å². The predicted molar refractivity (Wildman–Crippen MR) is 63.8 cm³/mol. The number of rotatable bonds is 1. The molecule has 0 spiro atoms. The second-order valence-electron chi connectivity index (χ2n) is 4.15. The van der Waals surface area contributed by atoms with Crippen LogP contribution < -0.4 is 10.5 Å². The molecule has 0 aliphatic carbocycles. The third-order valence-corrected chi connectivity index (χ3v) is 2.86. The second-order valence-corrected chi connectivity index (χ2v) is 4.15. The predicted octanol–water partition coefficient (Wildman–Crippen LogP) is 1.42. The van der Waals surface area contributed by atoms with Gasteiger partial charge in [0.1, 0.15) is 0 Å². The zero-order valence-electron chi connectivity index (χ0n) is 10.0. The molecule has 5 nitrogen and oxygen atoms in total. The van der Waals surface area contributed by atoms with E-state index in [2.05, 4.69) is 10.1 Å². The van der Waals surface area contributed by atoms with E-state index < -0.39 is 11.7 Å². The van der Waals surface area contributed by atoms with Gasteiger partial charge in [-0.3, -0.25) is 10.8 Å². The average molecular weight is 280 g/mol. The Morgan fingerprint density at radius 2 is 2.10 bits per heavy atom. The molecule has 0 aliphatic heterocycles. The molecule has 0 saturated carbocycles. The Balaban J connectivity index is 2.23. The van der Waals surface area contributed by atoms with Crippen molar-refractivity contribution in [2.75, 3.05) is 5.84 Å². The van der Waals surface area contributed by atoms with Crippen LogP contribution in [0.15, 0.2) is 43.0 Å². The molecule has 0 radical (unpaired) electrons. The van der Waals surface area contributed by atoms with Gasteiger partial charge in [0.05, 0.1) is 17.5 Å². The van der Waals surface area contributed by atoms with Gasteiger partial charge in [-0.2, -0.15) is 13.2 Å². The lowest BCUT2D eigenvalue weighted by Gasteiger charge is -2.10. The molecule has 0 unspecified atom stereocenters. The quantitative estimate of drug-likeness (QED) is 0.541. The Morgan fingerprint density at radius 3 is 2.85 bits per heavy atom. The third-order valence-electron chi connectivity index (χ3n) is 2.86. The fourth-order valence-corrected chi connectivity index (χ4v) is 1.94. The van der Waals surface area contributed by atoms with E-state index in [1.807, 2.05) is 0 Å². The first-order chi connectivity index (χ1) is 9.47. The Labute approximate surface area is 111 Å². The maximum Gasteiger partial charge on any atom is 0.418 e. The first-order valence-corrected chi connectivity index (χ1v) is 5.63. The van der Waals surface area contributed by atoms with Crippen molar-refractivity contribution in [3.63, 3.8) is 0 Å². The molecule has 8 heteroatoms. The number of nitrogens with two attached hydrogens (primary N) is 1. The molecule has 102 valence electrons. The van der Waals surface area contributed by atoms with E-state index in [-0.39, 0.29) is 11.3 Å². The topological polar surface area (TPSA) is 60.1 Å². The van der Waals surface area contributed by atoms with Gasteiger partial charge >= 0.3 is 11.8 Å². The Morgan fingerprint density at radius 1 is 1.30 bits per heavy atom. The molecule has 0 aromatic carbocycles. The van der Waals surface area contributed by atoms with Crippen LogP contribution in [0.2, 0.25) is 0 Å². The number of aromatic nitrogens is 4. The number of imidazole rings is 1. The summed E-state index contributed by atoms with van der Waals surface area (Å²) in [4.78, 5) is 3.82. The van der Waals surface area contributed by atoms with Gasteiger partial charge in [0.2, 0.25) is 0 Å². The molecule has 0 bridgehead atoms. The molecule has 0 aliphatic rings. The van der Waals surface area contributed by atoms with Gasteiger partial charge < -0.3 is 0 Å². The number of nitrogens with zero attached hydrogens (tertiary/aromatic N) is 4. The Hall–Kier alpha value is -2.64. The summed E-state index contributed by atoms with van der Waals surface area (Å²) in [5, 5.41) is 4.01. The van der Waals surface area contributed by atoms with Gasteiger partial charge in [0.15, 0.2) is 12.4 Å². The zero-order valence-corrected chi connectivity index (χ0v) is 10.0. The number of hydrogen-bond donors (Lipinski definition) is 1. The highest BCUT2D eigenvalue weighted by Crippen LogP contribution is 2.35. The molecule has 2 N–H and O–H groups in total. The molecule has 0 fully saturated rings. The summed E-state index contributed by atoms with van der Waals surface area (Å²) in [7, 11) is 0. The number of fused-ring (bicyclic) bond motifs is 1. The fourth-order valence-electron chi connectivity index (χ4n) is 1.94. The van der Waals surface area contributed by atoms with Gasteiger partial charge in [0.25, 0.3) is 0 Å². The highest BCUT2D eigenvalue weighted by Gasteiger charge is 2.34. The maximum atomic E-state index is 13.0. The summed E-state index contributed by atoms with van der Waals surface area (Å²) in [6.07, 6.45) is 1.31. The molecule has 3 aromatic heterocycles. The number of pyridine rings is 1. The van der Waals surface area contributed by atoms with Crippen LogP contribution in [0.4, 0.5) is 13.2 Å². The monoisotopic (exact) mass is 280 g/mol. The summed E-state index contributed by atoms with van der Waals surface area (Å²) >= 11 is 0. The number of halogens is 3. The minimum absolute atomic E-state index is 0.170. The lowest BCUT2D eigenvalue weighted by molar-refractivity contribution is -0.611. The minimum atomic E-state index is -4.48. The van der Waals surface area contributed by atoms with Crippen molar-refractivity contribution in [3.05, 3.63) is 48.5 Å². The molecule has 3 heterocycles. The molecule has 20 heavy (non-hydrogen) atoms. The summed E-state index contributed by atoms with van der Waals surface area (Å²) in [6, 6.07) is 3.74. The van der Waals surface area contributed by atoms with Gasteiger partial charge in [-0.1, -0.05) is 9.61 Å². The van der Waals surface area contributed by atoms with Gasteiger partial charge in [-0.15, -0.1) is 4.68 Å². The Kier molecular flexibility index (Phi) is 2.60. The molecule has 3 rings (SSSR count). The Bertz CT molecular complexity index is 778. The van der Waals surface area contributed by atoms with Crippen LogP contribution >= 0.6 is 0 Å². The SMILES string of the molecule is N[n+]1ccn2ncc(-c3ncccc3C(F)(F)F)cc21. The lowest BCUT2D eigenvalue weighted by Crippen LogP contribution is -2.43. The largest absolute Gasteiger partial charge is 0.418 e. The summed E-state index contributed by atoms with van der Waals surface area (Å²) in [6.45, 7) is 0. The average Bonchev–Trinajstić information content (AvgIpc) is 2.79.